The van der Waals surface area contributed by atoms with E-state index in [1.54, 1.807) is 0 Å². The first-order valence-electron chi connectivity index (χ1n) is 4.43. The zero-order valence-electron chi connectivity index (χ0n) is 7.39. The summed E-state index contributed by atoms with van der Waals surface area (Å²) in [7, 11) is 0. The molecule has 0 fully saturated rings. The molecular formula is C10H16O. The Morgan fingerprint density at radius 3 is 2.55 bits per heavy atom. The molecule has 1 nitrogen and oxygen atoms in total. The molecular weight excluding hydrogens is 136 g/mol. The molecule has 0 aliphatic rings. The number of rotatable bonds is 4. The number of hydrogen-bond donors (Lipinski definition) is 0. The van der Waals surface area contributed by atoms with Crippen molar-refractivity contribution >= 4 is 0 Å². The molecule has 0 N–H and O–H groups in total. The van der Waals surface area contributed by atoms with Crippen LogP contribution in [0.5, 0.6) is 0 Å². The van der Waals surface area contributed by atoms with Crippen LogP contribution >= 0.6 is 0 Å². The zero-order valence-corrected chi connectivity index (χ0v) is 7.39. The van der Waals surface area contributed by atoms with Crippen molar-refractivity contribution in [3.8, 4) is 0 Å². The Bertz CT molecular complexity index is 180. The third-order valence-electron chi connectivity index (χ3n) is 1.74. The van der Waals surface area contributed by atoms with E-state index in [4.69, 9.17) is 4.42 Å². The Morgan fingerprint density at radius 2 is 1.91 bits per heavy atom. The number of furan rings is 1. The third-order valence-corrected chi connectivity index (χ3v) is 1.74. The summed E-state index contributed by atoms with van der Waals surface area (Å²) in [5.74, 6) is 1.14. The highest BCUT2D eigenvalue weighted by Crippen LogP contribution is 2.11. The van der Waals surface area contributed by atoms with Crippen LogP contribution in [0.3, 0.4) is 0 Å². The maximum absolute atomic E-state index is 5.36. The van der Waals surface area contributed by atoms with E-state index < -0.39 is 0 Å². The van der Waals surface area contributed by atoms with Gasteiger partial charge in [0.05, 0.1) is 6.26 Å². The fourth-order valence-electron chi connectivity index (χ4n) is 1.22. The molecule has 62 valence electrons. The fraction of sp³-hybridized carbons (Fsp3) is 0.600. The van der Waals surface area contributed by atoms with Crippen LogP contribution in [0.1, 0.15) is 38.0 Å². The van der Waals surface area contributed by atoms with Crippen LogP contribution in [-0.4, -0.2) is 0 Å². The molecule has 1 heteroatoms. The van der Waals surface area contributed by atoms with E-state index in [1.165, 1.54) is 18.4 Å². The minimum atomic E-state index is 1.07. The van der Waals surface area contributed by atoms with Crippen molar-refractivity contribution in [2.45, 2.75) is 39.5 Å². The summed E-state index contributed by atoms with van der Waals surface area (Å²) in [4.78, 5) is 0. The summed E-state index contributed by atoms with van der Waals surface area (Å²) in [6.07, 6.45) is 6.47. The van der Waals surface area contributed by atoms with Gasteiger partial charge in [-0.15, -0.1) is 0 Å². The van der Waals surface area contributed by atoms with Crippen LogP contribution in [0, 0.1) is 0 Å². The van der Waals surface area contributed by atoms with E-state index in [2.05, 4.69) is 19.9 Å². The molecule has 0 radical (unpaired) electrons. The molecule has 0 amide bonds. The van der Waals surface area contributed by atoms with Gasteiger partial charge >= 0.3 is 0 Å². The van der Waals surface area contributed by atoms with Crippen LogP contribution in [0.25, 0.3) is 0 Å². The maximum Gasteiger partial charge on any atom is 0.104 e. The van der Waals surface area contributed by atoms with E-state index in [9.17, 15) is 0 Å². The van der Waals surface area contributed by atoms with E-state index in [1.807, 2.05) is 6.26 Å². The Hall–Kier alpha value is -0.720. The van der Waals surface area contributed by atoms with Crippen LogP contribution < -0.4 is 0 Å². The van der Waals surface area contributed by atoms with Crippen LogP contribution in [0.15, 0.2) is 16.7 Å². The summed E-state index contributed by atoms with van der Waals surface area (Å²) in [6.45, 7) is 4.36. The number of aryl methyl sites for hydroxylation is 2. The Morgan fingerprint density at radius 1 is 1.18 bits per heavy atom. The van der Waals surface area contributed by atoms with Gasteiger partial charge in [-0.2, -0.15) is 0 Å². The third kappa shape index (κ3) is 2.41. The minimum Gasteiger partial charge on any atom is -0.469 e. The molecule has 0 aliphatic carbocycles. The first-order valence-corrected chi connectivity index (χ1v) is 4.43. The Kier molecular flexibility index (Phi) is 3.21. The monoisotopic (exact) mass is 152 g/mol. The van der Waals surface area contributed by atoms with Gasteiger partial charge in [-0.05, 0) is 24.5 Å². The molecule has 1 rings (SSSR count). The van der Waals surface area contributed by atoms with Gasteiger partial charge in [0.15, 0.2) is 0 Å². The zero-order chi connectivity index (χ0) is 8.10. The molecule has 0 saturated carbocycles. The van der Waals surface area contributed by atoms with Gasteiger partial charge in [0, 0.05) is 6.42 Å². The van der Waals surface area contributed by atoms with Gasteiger partial charge < -0.3 is 4.42 Å². The fourth-order valence-corrected chi connectivity index (χ4v) is 1.22. The summed E-state index contributed by atoms with van der Waals surface area (Å²) in [6, 6.07) is 2.17. The average Bonchev–Trinajstić information content (AvgIpc) is 2.38. The largest absolute Gasteiger partial charge is 0.469 e. The van der Waals surface area contributed by atoms with E-state index >= 15 is 0 Å². The van der Waals surface area contributed by atoms with Gasteiger partial charge in [-0.1, -0.05) is 20.3 Å². The molecule has 0 spiro atoms. The van der Waals surface area contributed by atoms with Crippen molar-refractivity contribution < 1.29 is 4.42 Å². The lowest BCUT2D eigenvalue weighted by molar-refractivity contribution is 0.504. The molecule has 0 saturated heterocycles. The van der Waals surface area contributed by atoms with E-state index in [-0.39, 0.29) is 0 Å². The Labute approximate surface area is 68.4 Å². The second kappa shape index (κ2) is 4.22. The van der Waals surface area contributed by atoms with Crippen LogP contribution in [-0.2, 0) is 12.8 Å². The van der Waals surface area contributed by atoms with Crippen LogP contribution in [0.4, 0.5) is 0 Å². The van der Waals surface area contributed by atoms with Crippen molar-refractivity contribution in [3.63, 3.8) is 0 Å². The van der Waals surface area contributed by atoms with Crippen molar-refractivity contribution in [2.24, 2.45) is 0 Å². The highest BCUT2D eigenvalue weighted by Gasteiger charge is 1.98. The number of hydrogen-bond acceptors (Lipinski definition) is 1. The summed E-state index contributed by atoms with van der Waals surface area (Å²) in [5, 5.41) is 0. The second-order valence-corrected chi connectivity index (χ2v) is 2.92. The van der Waals surface area contributed by atoms with Gasteiger partial charge in [0.2, 0.25) is 0 Å². The molecule has 11 heavy (non-hydrogen) atoms. The summed E-state index contributed by atoms with van der Waals surface area (Å²) in [5.41, 5.74) is 1.34. The molecule has 0 aliphatic heterocycles. The molecule has 0 unspecified atom stereocenters. The van der Waals surface area contributed by atoms with Gasteiger partial charge in [0.25, 0.3) is 0 Å². The van der Waals surface area contributed by atoms with Crippen molar-refractivity contribution in [1.82, 2.24) is 0 Å². The molecule has 0 aromatic carbocycles. The smallest absolute Gasteiger partial charge is 0.104 e. The minimum absolute atomic E-state index is 1.07. The first-order chi connectivity index (χ1) is 5.36. The highest BCUT2D eigenvalue weighted by atomic mass is 16.3. The lowest BCUT2D eigenvalue weighted by atomic mass is 10.2. The molecule has 1 aromatic heterocycles. The van der Waals surface area contributed by atoms with Crippen molar-refractivity contribution in [3.05, 3.63) is 23.7 Å². The Balaban J connectivity index is 2.51. The predicted octanol–water partition coefficient (Wildman–Crippen LogP) is 3.18. The van der Waals surface area contributed by atoms with E-state index in [0.29, 0.717) is 0 Å². The average molecular weight is 152 g/mol. The standard InChI is InChI=1S/C10H16O/c1-3-5-9-7-10(6-4-2)11-8-9/h7-8H,3-6H2,1-2H3. The predicted molar refractivity (Wildman–Crippen MR) is 46.7 cm³/mol. The lowest BCUT2D eigenvalue weighted by Gasteiger charge is -1.87. The molecule has 0 bridgehead atoms. The quantitative estimate of drug-likeness (QED) is 0.645. The lowest BCUT2D eigenvalue weighted by Crippen LogP contribution is -1.78. The van der Waals surface area contributed by atoms with Crippen LogP contribution in [0.2, 0.25) is 0 Å². The molecule has 0 atom stereocenters. The van der Waals surface area contributed by atoms with Gasteiger partial charge in [-0.3, -0.25) is 0 Å². The highest BCUT2D eigenvalue weighted by molar-refractivity contribution is 5.12. The van der Waals surface area contributed by atoms with Crippen molar-refractivity contribution in [2.75, 3.05) is 0 Å². The normalized spacial score (nSPS) is 10.4. The summed E-state index contributed by atoms with van der Waals surface area (Å²) >= 11 is 0. The van der Waals surface area contributed by atoms with Crippen molar-refractivity contribution in [1.29, 1.82) is 0 Å². The topological polar surface area (TPSA) is 13.1 Å². The molecule has 1 heterocycles. The van der Waals surface area contributed by atoms with E-state index in [0.717, 1.165) is 18.6 Å². The summed E-state index contributed by atoms with van der Waals surface area (Å²) < 4.78 is 5.36. The second-order valence-electron chi connectivity index (χ2n) is 2.92. The SMILES string of the molecule is CCCc1coc(CCC)c1. The molecule has 1 aromatic rings. The van der Waals surface area contributed by atoms with Gasteiger partial charge in [0.1, 0.15) is 5.76 Å². The first kappa shape index (κ1) is 8.38. The maximum atomic E-state index is 5.36. The van der Waals surface area contributed by atoms with Gasteiger partial charge in [-0.25, -0.2) is 0 Å².